The van der Waals surface area contributed by atoms with Crippen LogP contribution in [0.3, 0.4) is 0 Å². The molecule has 1 saturated heterocycles. The molecule has 1 amide bonds. The molecule has 3 rings (SSSR count). The molecule has 1 atom stereocenters. The number of alkyl carbamates (subject to hydrolysis) is 1. The zero-order valence-electron chi connectivity index (χ0n) is 19.9. The number of amidine groups is 1. The van der Waals surface area contributed by atoms with Crippen LogP contribution >= 0.6 is 0 Å². The van der Waals surface area contributed by atoms with Crippen LogP contribution in [-0.2, 0) is 14.9 Å². The number of amides is 1. The Hall–Kier alpha value is -3.12. The van der Waals surface area contributed by atoms with Crippen LogP contribution in [0.15, 0.2) is 29.4 Å². The van der Waals surface area contributed by atoms with Gasteiger partial charge in [-0.15, -0.1) is 0 Å². The number of carbonyl (C=O) groups is 1. The number of ether oxygens (including phenoxy) is 2. The lowest BCUT2D eigenvalue weighted by Gasteiger charge is -2.35. The third kappa shape index (κ3) is 6.23. The maximum absolute atomic E-state index is 12.3. The van der Waals surface area contributed by atoms with Crippen molar-refractivity contribution >= 4 is 23.6 Å². The van der Waals surface area contributed by atoms with Gasteiger partial charge < -0.3 is 20.1 Å². The highest BCUT2D eigenvalue weighted by molar-refractivity contribution is 6.03. The average molecular weight is 455 g/mol. The molecule has 1 aromatic heterocycles. The molecule has 0 radical (unpaired) electrons. The molecule has 2 heterocycles. The van der Waals surface area contributed by atoms with Gasteiger partial charge in [-0.2, -0.15) is 5.26 Å². The minimum Gasteiger partial charge on any atom is -0.444 e. The summed E-state index contributed by atoms with van der Waals surface area (Å²) in [5.74, 6) is 1.35. The summed E-state index contributed by atoms with van der Waals surface area (Å²) in [4.78, 5) is 23.8. The fourth-order valence-electron chi connectivity index (χ4n) is 4.22. The fourth-order valence-corrected chi connectivity index (χ4v) is 4.22. The van der Waals surface area contributed by atoms with Crippen molar-refractivity contribution in [2.24, 2.45) is 10.7 Å². The monoisotopic (exact) mass is 454 g/mol. The summed E-state index contributed by atoms with van der Waals surface area (Å²) in [5.41, 5.74) is 5.28. The summed E-state index contributed by atoms with van der Waals surface area (Å²) in [7, 11) is 0. The molecule has 0 bridgehead atoms. The first-order chi connectivity index (χ1) is 15.7. The van der Waals surface area contributed by atoms with Crippen molar-refractivity contribution in [1.82, 2.24) is 10.3 Å². The molecule has 3 N–H and O–H groups in total. The lowest BCUT2D eigenvalue weighted by molar-refractivity contribution is 0.0563. The van der Waals surface area contributed by atoms with Gasteiger partial charge in [0, 0.05) is 6.54 Å². The zero-order valence-corrected chi connectivity index (χ0v) is 19.9. The third-order valence-electron chi connectivity index (χ3n) is 5.80. The Balaban J connectivity index is 2.03. The van der Waals surface area contributed by atoms with Crippen LogP contribution in [0.2, 0.25) is 0 Å². The number of anilines is 1. The highest BCUT2D eigenvalue weighted by Gasteiger charge is 2.37. The second-order valence-corrected chi connectivity index (χ2v) is 9.57. The van der Waals surface area contributed by atoms with E-state index in [1.165, 1.54) is 12.3 Å². The third-order valence-corrected chi connectivity index (χ3v) is 5.80. The number of nitriles is 1. The number of hydrogen-bond acceptors (Lipinski definition) is 8. The number of nitrogens with zero attached hydrogens (tertiary/aromatic N) is 4. The van der Waals surface area contributed by atoms with E-state index in [1.54, 1.807) is 20.8 Å². The minimum atomic E-state index is -0.652. The van der Waals surface area contributed by atoms with Gasteiger partial charge in [-0.25, -0.2) is 14.8 Å². The molecule has 1 unspecified atom stereocenters. The van der Waals surface area contributed by atoms with Gasteiger partial charge in [0.25, 0.3) is 0 Å². The maximum atomic E-state index is 12.3. The number of morpholine rings is 1. The topological polar surface area (TPSA) is 126 Å². The van der Waals surface area contributed by atoms with E-state index in [2.05, 4.69) is 28.2 Å². The van der Waals surface area contributed by atoms with Crippen molar-refractivity contribution in [3.05, 3.63) is 30.0 Å². The Labute approximate surface area is 195 Å². The van der Waals surface area contributed by atoms with E-state index < -0.39 is 17.1 Å². The Morgan fingerprint density at radius 1 is 1.42 bits per heavy atom. The predicted molar refractivity (Wildman–Crippen MR) is 127 cm³/mol. The standard InChI is InChI=1S/C24H34N6O3/c1-17-15-32-12-11-30(17)21-14-18(24(16-26)8-5-6-9-24)13-20(28-21)27-19(7-10-25)29-22(31)33-23(2,3)4/h7,10,13-14,17H,5-6,8-9,11-12,15,25H2,1-4H3,(H,27,28,29,31). The molecule has 1 aliphatic heterocycles. The quantitative estimate of drug-likeness (QED) is 0.525. The first-order valence-corrected chi connectivity index (χ1v) is 11.4. The SMILES string of the molecule is CC1COCCN1c1cc(C2(C#N)CCCC2)cc(N=C(C=CN)NC(=O)OC(C)(C)C)n1. The van der Waals surface area contributed by atoms with Crippen molar-refractivity contribution in [3.63, 3.8) is 0 Å². The van der Waals surface area contributed by atoms with Crippen LogP contribution in [0.4, 0.5) is 16.4 Å². The molecular weight excluding hydrogens is 420 g/mol. The molecular formula is C24H34N6O3. The van der Waals surface area contributed by atoms with Crippen molar-refractivity contribution in [3.8, 4) is 6.07 Å². The van der Waals surface area contributed by atoms with E-state index in [9.17, 15) is 10.1 Å². The van der Waals surface area contributed by atoms with Crippen LogP contribution in [0, 0.1) is 11.3 Å². The first kappa shape index (κ1) is 24.5. The highest BCUT2D eigenvalue weighted by atomic mass is 16.6. The summed E-state index contributed by atoms with van der Waals surface area (Å²) in [5, 5.41) is 12.7. The number of nitrogens with one attached hydrogen (secondary N) is 1. The van der Waals surface area contributed by atoms with Crippen molar-refractivity contribution in [2.45, 2.75) is 70.4 Å². The highest BCUT2D eigenvalue weighted by Crippen LogP contribution is 2.42. The van der Waals surface area contributed by atoms with Crippen LogP contribution < -0.4 is 16.0 Å². The largest absolute Gasteiger partial charge is 0.444 e. The van der Waals surface area contributed by atoms with E-state index in [4.69, 9.17) is 20.2 Å². The van der Waals surface area contributed by atoms with Gasteiger partial charge >= 0.3 is 6.09 Å². The van der Waals surface area contributed by atoms with E-state index in [0.717, 1.165) is 37.1 Å². The number of pyridine rings is 1. The van der Waals surface area contributed by atoms with Gasteiger partial charge in [-0.05, 0) is 70.5 Å². The van der Waals surface area contributed by atoms with E-state index >= 15 is 0 Å². The molecule has 178 valence electrons. The molecule has 1 saturated carbocycles. The summed E-state index contributed by atoms with van der Waals surface area (Å²) in [6.07, 6.45) is 5.77. The van der Waals surface area contributed by atoms with Crippen LogP contribution in [0.1, 0.15) is 58.9 Å². The summed E-state index contributed by atoms with van der Waals surface area (Å²) in [6, 6.07) is 6.54. The lowest BCUT2D eigenvalue weighted by Crippen LogP contribution is -2.44. The number of hydrogen-bond donors (Lipinski definition) is 2. The second-order valence-electron chi connectivity index (χ2n) is 9.57. The minimum absolute atomic E-state index is 0.142. The van der Waals surface area contributed by atoms with Gasteiger partial charge in [-0.1, -0.05) is 12.8 Å². The molecule has 33 heavy (non-hydrogen) atoms. The Bertz CT molecular complexity index is 954. The van der Waals surface area contributed by atoms with Gasteiger partial charge in [0.1, 0.15) is 17.3 Å². The van der Waals surface area contributed by atoms with Gasteiger partial charge in [0.15, 0.2) is 5.82 Å². The maximum Gasteiger partial charge on any atom is 0.413 e. The van der Waals surface area contributed by atoms with Gasteiger partial charge in [0.05, 0.1) is 30.7 Å². The molecule has 2 fully saturated rings. The van der Waals surface area contributed by atoms with Gasteiger partial charge in [-0.3, -0.25) is 5.32 Å². The summed E-state index contributed by atoms with van der Waals surface area (Å²) in [6.45, 7) is 9.35. The van der Waals surface area contributed by atoms with Crippen molar-refractivity contribution < 1.29 is 14.3 Å². The van der Waals surface area contributed by atoms with E-state index in [1.807, 2.05) is 12.1 Å². The molecule has 0 spiro atoms. The molecule has 1 aromatic rings. The Morgan fingerprint density at radius 2 is 2.15 bits per heavy atom. The Morgan fingerprint density at radius 3 is 2.76 bits per heavy atom. The van der Waals surface area contributed by atoms with E-state index in [-0.39, 0.29) is 11.9 Å². The lowest BCUT2D eigenvalue weighted by atomic mass is 9.80. The smallest absolute Gasteiger partial charge is 0.413 e. The number of nitrogens with two attached hydrogens (primary N) is 1. The van der Waals surface area contributed by atoms with Crippen LogP contribution in [0.25, 0.3) is 0 Å². The molecule has 9 nitrogen and oxygen atoms in total. The predicted octanol–water partition coefficient (Wildman–Crippen LogP) is 3.67. The van der Waals surface area contributed by atoms with E-state index in [0.29, 0.717) is 25.6 Å². The van der Waals surface area contributed by atoms with Crippen molar-refractivity contribution in [2.75, 3.05) is 24.7 Å². The van der Waals surface area contributed by atoms with Crippen LogP contribution in [-0.4, -0.2) is 48.3 Å². The normalized spacial score (nSPS) is 21.1. The summed E-state index contributed by atoms with van der Waals surface area (Å²) < 4.78 is 10.9. The Kier molecular flexibility index (Phi) is 7.59. The zero-order chi connectivity index (χ0) is 24.1. The summed E-state index contributed by atoms with van der Waals surface area (Å²) >= 11 is 0. The average Bonchev–Trinajstić information content (AvgIpc) is 3.23. The first-order valence-electron chi connectivity index (χ1n) is 11.4. The number of aliphatic imine (C=N–C) groups is 1. The number of carbonyl (C=O) groups excluding carboxylic acids is 1. The number of aromatic nitrogens is 1. The molecule has 1 aliphatic carbocycles. The molecule has 2 aliphatic rings. The number of rotatable bonds is 4. The van der Waals surface area contributed by atoms with Crippen LogP contribution in [0.5, 0.6) is 0 Å². The fraction of sp³-hybridized carbons (Fsp3) is 0.583. The molecule has 9 heteroatoms. The molecule has 0 aromatic carbocycles. The van der Waals surface area contributed by atoms with Crippen molar-refractivity contribution in [1.29, 1.82) is 5.26 Å². The van der Waals surface area contributed by atoms with Gasteiger partial charge in [0.2, 0.25) is 0 Å². The second kappa shape index (κ2) is 10.2.